The predicted molar refractivity (Wildman–Crippen MR) is 75.9 cm³/mol. The third-order valence-electron chi connectivity index (χ3n) is 2.74. The van der Waals surface area contributed by atoms with Gasteiger partial charge in [0.15, 0.2) is 0 Å². The normalized spacial score (nSPS) is 11.7. The van der Waals surface area contributed by atoms with Crippen molar-refractivity contribution < 1.29 is 19.4 Å². The molecule has 0 spiro atoms. The van der Waals surface area contributed by atoms with Crippen LogP contribution in [0.5, 0.6) is 0 Å². The second-order valence-electron chi connectivity index (χ2n) is 4.43. The number of ether oxygens (including phenoxy) is 1. The molecule has 20 heavy (non-hydrogen) atoms. The van der Waals surface area contributed by atoms with Gasteiger partial charge in [0.25, 0.3) is 0 Å². The Bertz CT molecular complexity index is 462. The second-order valence-corrected chi connectivity index (χ2v) is 4.43. The summed E-state index contributed by atoms with van der Waals surface area (Å²) in [6.45, 7) is 2.40. The highest BCUT2D eigenvalue weighted by Crippen LogP contribution is 2.11. The Morgan fingerprint density at radius 1 is 1.40 bits per heavy atom. The molecule has 0 aliphatic carbocycles. The van der Waals surface area contributed by atoms with Gasteiger partial charge >= 0.3 is 12.0 Å². The molecule has 1 aromatic rings. The molecular weight excluding hydrogens is 260 g/mol. The quantitative estimate of drug-likeness (QED) is 0.711. The summed E-state index contributed by atoms with van der Waals surface area (Å²) in [4.78, 5) is 22.4. The van der Waals surface area contributed by atoms with Crippen molar-refractivity contribution >= 4 is 17.7 Å². The summed E-state index contributed by atoms with van der Waals surface area (Å²) in [5.41, 5.74) is 1.20. The average Bonchev–Trinajstić information content (AvgIpc) is 2.37. The number of rotatable bonds is 7. The van der Waals surface area contributed by atoms with E-state index < -0.39 is 5.97 Å². The number of methoxy groups -OCH3 is 1. The van der Waals surface area contributed by atoms with Gasteiger partial charge in [-0.2, -0.15) is 0 Å². The Morgan fingerprint density at radius 3 is 2.75 bits per heavy atom. The zero-order chi connectivity index (χ0) is 15.0. The number of benzene rings is 1. The molecule has 1 rings (SSSR count). The average molecular weight is 280 g/mol. The number of anilines is 1. The van der Waals surface area contributed by atoms with Crippen LogP contribution in [0, 0.1) is 0 Å². The number of amides is 2. The van der Waals surface area contributed by atoms with Crippen LogP contribution in [0.2, 0.25) is 0 Å². The van der Waals surface area contributed by atoms with Crippen molar-refractivity contribution in [3.63, 3.8) is 0 Å². The van der Waals surface area contributed by atoms with Crippen molar-refractivity contribution in [3.05, 3.63) is 29.8 Å². The van der Waals surface area contributed by atoms with Crippen LogP contribution >= 0.6 is 0 Å². The molecule has 6 heteroatoms. The van der Waals surface area contributed by atoms with E-state index in [1.54, 1.807) is 31.4 Å². The van der Waals surface area contributed by atoms with Crippen LogP contribution in [0.25, 0.3) is 0 Å². The number of aliphatic carboxylic acids is 1. The van der Waals surface area contributed by atoms with Crippen LogP contribution in [0.1, 0.15) is 18.9 Å². The van der Waals surface area contributed by atoms with E-state index in [1.165, 1.54) is 0 Å². The van der Waals surface area contributed by atoms with Crippen molar-refractivity contribution in [3.8, 4) is 0 Å². The minimum atomic E-state index is -0.905. The Morgan fingerprint density at radius 2 is 2.15 bits per heavy atom. The molecule has 1 unspecified atom stereocenters. The molecule has 3 N–H and O–H groups in total. The summed E-state index contributed by atoms with van der Waals surface area (Å²) in [5, 5.41) is 14.2. The highest BCUT2D eigenvalue weighted by molar-refractivity contribution is 5.89. The fourth-order valence-corrected chi connectivity index (χ4v) is 1.75. The summed E-state index contributed by atoms with van der Waals surface area (Å²) < 4.78 is 5.00. The molecule has 0 fully saturated rings. The van der Waals surface area contributed by atoms with Gasteiger partial charge in [0.05, 0.1) is 19.1 Å². The summed E-state index contributed by atoms with van der Waals surface area (Å²) in [6, 6.07) is 6.38. The predicted octanol–water partition coefficient (Wildman–Crippen LogP) is 1.86. The van der Waals surface area contributed by atoms with Crippen molar-refractivity contribution in [2.24, 2.45) is 0 Å². The smallest absolute Gasteiger partial charge is 0.319 e. The number of carboxylic acid groups (broad SMARTS) is 1. The van der Waals surface area contributed by atoms with Crippen LogP contribution in [0.3, 0.4) is 0 Å². The minimum Gasteiger partial charge on any atom is -0.481 e. The number of hydrogen-bond donors (Lipinski definition) is 3. The molecule has 0 aromatic heterocycles. The molecule has 0 radical (unpaired) electrons. The zero-order valence-corrected chi connectivity index (χ0v) is 11.7. The third-order valence-corrected chi connectivity index (χ3v) is 2.74. The summed E-state index contributed by atoms with van der Waals surface area (Å²) in [5.74, 6) is -0.905. The van der Waals surface area contributed by atoms with Crippen molar-refractivity contribution in [2.75, 3.05) is 19.0 Å². The second kappa shape index (κ2) is 8.16. The van der Waals surface area contributed by atoms with Gasteiger partial charge in [0, 0.05) is 12.8 Å². The summed E-state index contributed by atoms with van der Waals surface area (Å²) >= 11 is 0. The van der Waals surface area contributed by atoms with Gasteiger partial charge in [-0.25, -0.2) is 4.79 Å². The molecule has 110 valence electrons. The third kappa shape index (κ3) is 5.71. The van der Waals surface area contributed by atoms with E-state index in [0.717, 1.165) is 6.42 Å². The molecule has 0 bridgehead atoms. The first kappa shape index (κ1) is 16.0. The van der Waals surface area contributed by atoms with Gasteiger partial charge in [-0.1, -0.05) is 19.1 Å². The first-order valence-corrected chi connectivity index (χ1v) is 6.42. The summed E-state index contributed by atoms with van der Waals surface area (Å²) in [6.07, 6.45) is 0.693. The molecule has 0 aliphatic rings. The Hall–Kier alpha value is -2.08. The number of nitrogens with one attached hydrogen (secondary N) is 2. The van der Waals surface area contributed by atoms with Crippen molar-refractivity contribution in [2.45, 2.75) is 25.8 Å². The largest absolute Gasteiger partial charge is 0.481 e. The van der Waals surface area contributed by atoms with Gasteiger partial charge in [-0.3, -0.25) is 4.79 Å². The first-order valence-electron chi connectivity index (χ1n) is 6.42. The van der Waals surface area contributed by atoms with Crippen molar-refractivity contribution in [1.29, 1.82) is 0 Å². The number of carbonyl (C=O) groups is 2. The Balaban J connectivity index is 2.59. The molecule has 0 saturated carbocycles. The van der Waals surface area contributed by atoms with E-state index in [-0.39, 0.29) is 18.5 Å². The lowest BCUT2D eigenvalue weighted by atomic mass is 10.1. The fourth-order valence-electron chi connectivity index (χ4n) is 1.75. The van der Waals surface area contributed by atoms with Gasteiger partial charge in [0.1, 0.15) is 0 Å². The number of urea groups is 1. The van der Waals surface area contributed by atoms with E-state index in [2.05, 4.69) is 10.6 Å². The van der Waals surface area contributed by atoms with E-state index in [1.807, 2.05) is 6.92 Å². The molecule has 6 nitrogen and oxygen atoms in total. The maximum atomic E-state index is 11.8. The minimum absolute atomic E-state index is 0.0535. The van der Waals surface area contributed by atoms with E-state index >= 15 is 0 Å². The van der Waals surface area contributed by atoms with Crippen LogP contribution < -0.4 is 10.6 Å². The lowest BCUT2D eigenvalue weighted by Gasteiger charge is -2.16. The van der Waals surface area contributed by atoms with Crippen LogP contribution in [-0.4, -0.2) is 36.9 Å². The van der Waals surface area contributed by atoms with Crippen LogP contribution in [0.15, 0.2) is 24.3 Å². The van der Waals surface area contributed by atoms with Crippen LogP contribution in [0.4, 0.5) is 10.5 Å². The molecule has 1 aromatic carbocycles. The molecule has 0 heterocycles. The monoisotopic (exact) mass is 280 g/mol. The van der Waals surface area contributed by atoms with Gasteiger partial charge < -0.3 is 20.5 Å². The molecule has 0 saturated heterocycles. The lowest BCUT2D eigenvalue weighted by Crippen LogP contribution is -2.40. The highest BCUT2D eigenvalue weighted by Gasteiger charge is 2.10. The molecule has 1 atom stereocenters. The molecule has 0 aliphatic heterocycles. The SMILES string of the molecule is CCC(COC)NC(=O)Nc1cccc(CC(=O)O)c1. The number of carbonyl (C=O) groups excluding carboxylic acids is 1. The standard InChI is InChI=1S/C14H20N2O4/c1-3-11(9-20-2)15-14(19)16-12-6-4-5-10(7-12)8-13(17)18/h4-7,11H,3,8-9H2,1-2H3,(H,17,18)(H2,15,16,19). The van der Waals surface area contributed by atoms with Gasteiger partial charge in [-0.05, 0) is 24.1 Å². The zero-order valence-electron chi connectivity index (χ0n) is 11.7. The first-order chi connectivity index (χ1) is 9.55. The fraction of sp³-hybridized carbons (Fsp3) is 0.429. The lowest BCUT2D eigenvalue weighted by molar-refractivity contribution is -0.136. The Labute approximate surface area is 118 Å². The maximum Gasteiger partial charge on any atom is 0.319 e. The number of hydrogen-bond acceptors (Lipinski definition) is 3. The van der Waals surface area contributed by atoms with E-state index in [0.29, 0.717) is 17.9 Å². The maximum absolute atomic E-state index is 11.8. The Kier molecular flexibility index (Phi) is 6.52. The number of carboxylic acids is 1. The highest BCUT2D eigenvalue weighted by atomic mass is 16.5. The van der Waals surface area contributed by atoms with Crippen molar-refractivity contribution in [1.82, 2.24) is 5.32 Å². The molecular formula is C14H20N2O4. The van der Waals surface area contributed by atoms with Gasteiger partial charge in [0.2, 0.25) is 0 Å². The van der Waals surface area contributed by atoms with Gasteiger partial charge in [-0.15, -0.1) is 0 Å². The van der Waals surface area contributed by atoms with E-state index in [9.17, 15) is 9.59 Å². The van der Waals surface area contributed by atoms with E-state index in [4.69, 9.17) is 9.84 Å². The van der Waals surface area contributed by atoms with Crippen LogP contribution in [-0.2, 0) is 16.0 Å². The summed E-state index contributed by atoms with van der Waals surface area (Å²) in [7, 11) is 1.58. The topological polar surface area (TPSA) is 87.7 Å². The molecule has 2 amide bonds.